The van der Waals surface area contributed by atoms with Crippen LogP contribution in [0.3, 0.4) is 0 Å². The SMILES string of the molecule is Cc1ccc(-c2ccc(N3CCC(C(=O)Nc4ccc(C(C)C)cc4)CC3)nn2)cc1. The number of carbonyl (C=O) groups excluding carboxylic acids is 1. The fourth-order valence-corrected chi connectivity index (χ4v) is 3.94. The minimum Gasteiger partial charge on any atom is -0.355 e. The predicted molar refractivity (Wildman–Crippen MR) is 126 cm³/mol. The number of nitrogens with zero attached hydrogens (tertiary/aromatic N) is 3. The Bertz CT molecular complexity index is 1000. The van der Waals surface area contributed by atoms with E-state index in [1.807, 2.05) is 24.3 Å². The lowest BCUT2D eigenvalue weighted by molar-refractivity contribution is -0.120. The van der Waals surface area contributed by atoms with Gasteiger partial charge in [0, 0.05) is 30.3 Å². The summed E-state index contributed by atoms with van der Waals surface area (Å²) in [4.78, 5) is 14.9. The number of carbonyl (C=O) groups is 1. The monoisotopic (exact) mass is 414 g/mol. The molecule has 0 bridgehead atoms. The quantitative estimate of drug-likeness (QED) is 0.605. The van der Waals surface area contributed by atoms with Crippen molar-refractivity contribution in [2.24, 2.45) is 5.92 Å². The minimum atomic E-state index is 0.0285. The zero-order valence-corrected chi connectivity index (χ0v) is 18.5. The Balaban J connectivity index is 1.31. The number of aryl methyl sites for hydroxylation is 1. The molecule has 160 valence electrons. The molecule has 5 heteroatoms. The largest absolute Gasteiger partial charge is 0.355 e. The highest BCUT2D eigenvalue weighted by Gasteiger charge is 2.26. The van der Waals surface area contributed by atoms with Crippen molar-refractivity contribution < 1.29 is 4.79 Å². The summed E-state index contributed by atoms with van der Waals surface area (Å²) in [6.07, 6.45) is 1.63. The van der Waals surface area contributed by atoms with Gasteiger partial charge < -0.3 is 10.2 Å². The van der Waals surface area contributed by atoms with Crippen LogP contribution in [0.4, 0.5) is 11.5 Å². The van der Waals surface area contributed by atoms with Crippen LogP contribution in [-0.4, -0.2) is 29.2 Å². The lowest BCUT2D eigenvalue weighted by Gasteiger charge is -2.31. The number of aromatic nitrogens is 2. The van der Waals surface area contributed by atoms with Crippen molar-refractivity contribution in [2.75, 3.05) is 23.3 Å². The van der Waals surface area contributed by atoms with Crippen LogP contribution in [0.5, 0.6) is 0 Å². The smallest absolute Gasteiger partial charge is 0.227 e. The molecule has 0 radical (unpaired) electrons. The van der Waals surface area contributed by atoms with E-state index in [0.717, 1.165) is 48.7 Å². The maximum Gasteiger partial charge on any atom is 0.227 e. The molecule has 1 N–H and O–H groups in total. The van der Waals surface area contributed by atoms with Gasteiger partial charge in [-0.3, -0.25) is 4.79 Å². The lowest BCUT2D eigenvalue weighted by Crippen LogP contribution is -2.38. The van der Waals surface area contributed by atoms with Crippen molar-refractivity contribution in [1.82, 2.24) is 10.2 Å². The van der Waals surface area contributed by atoms with Crippen LogP contribution in [0.15, 0.2) is 60.7 Å². The molecule has 1 amide bonds. The highest BCUT2D eigenvalue weighted by molar-refractivity contribution is 5.92. The fourth-order valence-electron chi connectivity index (χ4n) is 3.94. The van der Waals surface area contributed by atoms with Crippen LogP contribution in [0.25, 0.3) is 11.3 Å². The molecule has 2 aromatic carbocycles. The summed E-state index contributed by atoms with van der Waals surface area (Å²) in [5.74, 6) is 1.50. The van der Waals surface area contributed by atoms with Gasteiger partial charge in [0.1, 0.15) is 0 Å². The number of amides is 1. The Morgan fingerprint density at radius 2 is 1.61 bits per heavy atom. The van der Waals surface area contributed by atoms with Crippen LogP contribution < -0.4 is 10.2 Å². The average Bonchev–Trinajstić information content (AvgIpc) is 2.80. The minimum absolute atomic E-state index is 0.0285. The first-order valence-electron chi connectivity index (χ1n) is 11.1. The highest BCUT2D eigenvalue weighted by atomic mass is 16.1. The van der Waals surface area contributed by atoms with Crippen molar-refractivity contribution in [3.8, 4) is 11.3 Å². The van der Waals surface area contributed by atoms with Gasteiger partial charge in [-0.15, -0.1) is 10.2 Å². The van der Waals surface area contributed by atoms with E-state index >= 15 is 0 Å². The summed E-state index contributed by atoms with van der Waals surface area (Å²) < 4.78 is 0. The second-order valence-electron chi connectivity index (χ2n) is 8.67. The van der Waals surface area contributed by atoms with Gasteiger partial charge in [-0.1, -0.05) is 55.8 Å². The van der Waals surface area contributed by atoms with Gasteiger partial charge in [0.15, 0.2) is 5.82 Å². The van der Waals surface area contributed by atoms with E-state index in [0.29, 0.717) is 5.92 Å². The standard InChI is InChI=1S/C26H30N4O/c1-18(2)20-8-10-23(11-9-20)27-26(31)22-14-16-30(17-15-22)25-13-12-24(28-29-25)21-6-4-19(3)5-7-21/h4-13,18,22H,14-17H2,1-3H3,(H,27,31). The molecular formula is C26H30N4O. The molecule has 5 nitrogen and oxygen atoms in total. The van der Waals surface area contributed by atoms with Crippen LogP contribution in [0, 0.1) is 12.8 Å². The number of nitrogens with one attached hydrogen (secondary N) is 1. The number of hydrogen-bond acceptors (Lipinski definition) is 4. The molecule has 31 heavy (non-hydrogen) atoms. The molecular weight excluding hydrogens is 384 g/mol. The van der Waals surface area contributed by atoms with Gasteiger partial charge in [0.2, 0.25) is 5.91 Å². The topological polar surface area (TPSA) is 58.1 Å². The molecule has 0 spiro atoms. The number of benzene rings is 2. The second kappa shape index (κ2) is 9.29. The number of hydrogen-bond donors (Lipinski definition) is 1. The van der Waals surface area contributed by atoms with Crippen LogP contribution in [-0.2, 0) is 4.79 Å². The lowest BCUT2D eigenvalue weighted by atomic mass is 9.95. The molecule has 0 aliphatic carbocycles. The van der Waals surface area contributed by atoms with E-state index in [1.165, 1.54) is 11.1 Å². The first-order chi connectivity index (χ1) is 15.0. The molecule has 1 aliphatic rings. The van der Waals surface area contributed by atoms with Gasteiger partial charge >= 0.3 is 0 Å². The number of rotatable bonds is 5. The summed E-state index contributed by atoms with van der Waals surface area (Å²) in [7, 11) is 0. The van der Waals surface area contributed by atoms with Crippen molar-refractivity contribution in [3.63, 3.8) is 0 Å². The molecule has 1 saturated heterocycles. The fraction of sp³-hybridized carbons (Fsp3) is 0.346. The Morgan fingerprint density at radius 3 is 2.19 bits per heavy atom. The van der Waals surface area contributed by atoms with Crippen molar-refractivity contribution in [3.05, 3.63) is 71.8 Å². The molecule has 1 fully saturated rings. The Kier molecular flexibility index (Phi) is 6.31. The molecule has 0 unspecified atom stereocenters. The summed E-state index contributed by atoms with van der Waals surface area (Å²) in [6.45, 7) is 8.03. The zero-order valence-electron chi connectivity index (χ0n) is 18.5. The second-order valence-corrected chi connectivity index (χ2v) is 8.67. The normalized spacial score (nSPS) is 14.6. The van der Waals surface area contributed by atoms with Crippen molar-refractivity contribution in [1.29, 1.82) is 0 Å². The molecule has 1 aromatic heterocycles. The Morgan fingerprint density at radius 1 is 0.935 bits per heavy atom. The maximum absolute atomic E-state index is 12.7. The predicted octanol–water partition coefficient (Wildman–Crippen LogP) is 5.43. The average molecular weight is 415 g/mol. The molecule has 0 saturated carbocycles. The van der Waals surface area contributed by atoms with E-state index in [-0.39, 0.29) is 11.8 Å². The Labute approximate surface area is 184 Å². The Hall–Kier alpha value is -3.21. The van der Waals surface area contributed by atoms with E-state index in [9.17, 15) is 4.79 Å². The van der Waals surface area contributed by atoms with Gasteiger partial charge in [-0.25, -0.2) is 0 Å². The third-order valence-corrected chi connectivity index (χ3v) is 6.03. The zero-order chi connectivity index (χ0) is 21.8. The third kappa shape index (κ3) is 5.10. The van der Waals surface area contributed by atoms with Gasteiger partial charge in [-0.2, -0.15) is 0 Å². The number of piperidine rings is 1. The van der Waals surface area contributed by atoms with Crippen LogP contribution in [0.2, 0.25) is 0 Å². The molecule has 4 rings (SSSR count). The number of anilines is 2. The summed E-state index contributed by atoms with van der Waals surface area (Å²) >= 11 is 0. The summed E-state index contributed by atoms with van der Waals surface area (Å²) in [5.41, 5.74) is 5.32. The molecule has 1 aliphatic heterocycles. The van der Waals surface area contributed by atoms with E-state index < -0.39 is 0 Å². The maximum atomic E-state index is 12.7. The van der Waals surface area contributed by atoms with Crippen molar-refractivity contribution in [2.45, 2.75) is 39.5 Å². The first-order valence-corrected chi connectivity index (χ1v) is 11.1. The molecule has 2 heterocycles. The van der Waals surface area contributed by atoms with Gasteiger partial charge in [-0.05, 0) is 55.5 Å². The molecule has 3 aromatic rings. The van der Waals surface area contributed by atoms with Crippen LogP contribution >= 0.6 is 0 Å². The third-order valence-electron chi connectivity index (χ3n) is 6.03. The van der Waals surface area contributed by atoms with Crippen molar-refractivity contribution >= 4 is 17.4 Å². The highest BCUT2D eigenvalue weighted by Crippen LogP contribution is 2.25. The van der Waals surface area contributed by atoms with E-state index in [4.69, 9.17) is 0 Å². The van der Waals surface area contributed by atoms with E-state index in [2.05, 4.69) is 77.6 Å². The summed E-state index contributed by atoms with van der Waals surface area (Å²) in [5, 5.41) is 11.9. The summed E-state index contributed by atoms with van der Waals surface area (Å²) in [6, 6.07) is 20.5. The van der Waals surface area contributed by atoms with Gasteiger partial charge in [0.05, 0.1) is 5.69 Å². The van der Waals surface area contributed by atoms with Crippen LogP contribution in [0.1, 0.15) is 43.7 Å². The first kappa shape index (κ1) is 21.0. The molecule has 0 atom stereocenters. The van der Waals surface area contributed by atoms with E-state index in [1.54, 1.807) is 0 Å². The van der Waals surface area contributed by atoms with Gasteiger partial charge in [0.25, 0.3) is 0 Å².